The van der Waals surface area contributed by atoms with Crippen LogP contribution in [0.5, 0.6) is 0 Å². The van der Waals surface area contributed by atoms with Crippen molar-refractivity contribution in [3.8, 4) is 11.4 Å². The van der Waals surface area contributed by atoms with Gasteiger partial charge in [-0.05, 0) is 44.0 Å². The molecule has 4 rings (SSSR count). The van der Waals surface area contributed by atoms with E-state index in [1.807, 2.05) is 28.9 Å². The van der Waals surface area contributed by atoms with Crippen LogP contribution in [0.1, 0.15) is 53.3 Å². The van der Waals surface area contributed by atoms with Gasteiger partial charge in [0.15, 0.2) is 0 Å². The van der Waals surface area contributed by atoms with Crippen LogP contribution in [-0.2, 0) is 6.54 Å². The molecule has 8 nitrogen and oxygen atoms in total. The van der Waals surface area contributed by atoms with Gasteiger partial charge in [0, 0.05) is 23.4 Å². The molecule has 2 aromatic heterocycles. The van der Waals surface area contributed by atoms with Gasteiger partial charge in [-0.1, -0.05) is 25.0 Å². The fourth-order valence-electron chi connectivity index (χ4n) is 3.88. The SMILES string of the molecule is Cc1ccc(C(=O)NCc2cc(-c3ccccn3)n(C3CCCC3)n2)cc1[N+](=O)[O-]. The summed E-state index contributed by atoms with van der Waals surface area (Å²) in [6, 6.07) is 12.6. The van der Waals surface area contributed by atoms with E-state index in [1.54, 1.807) is 25.3 Å². The van der Waals surface area contributed by atoms with E-state index < -0.39 is 4.92 Å². The van der Waals surface area contributed by atoms with Gasteiger partial charge in [-0.3, -0.25) is 24.6 Å². The predicted molar refractivity (Wildman–Crippen MR) is 112 cm³/mol. The third kappa shape index (κ3) is 4.07. The summed E-state index contributed by atoms with van der Waals surface area (Å²) in [5, 5.41) is 18.7. The van der Waals surface area contributed by atoms with Crippen LogP contribution in [0.25, 0.3) is 11.4 Å². The summed E-state index contributed by atoms with van der Waals surface area (Å²) < 4.78 is 2.04. The van der Waals surface area contributed by atoms with Gasteiger partial charge in [0.25, 0.3) is 11.6 Å². The minimum absolute atomic E-state index is 0.0643. The number of hydrogen-bond donors (Lipinski definition) is 1. The summed E-state index contributed by atoms with van der Waals surface area (Å²) in [4.78, 5) is 27.7. The van der Waals surface area contributed by atoms with Crippen molar-refractivity contribution in [3.05, 3.63) is 75.6 Å². The van der Waals surface area contributed by atoms with Crippen molar-refractivity contribution in [2.75, 3.05) is 0 Å². The molecule has 1 fully saturated rings. The Morgan fingerprint density at radius 3 is 2.73 bits per heavy atom. The van der Waals surface area contributed by atoms with Crippen LogP contribution < -0.4 is 5.32 Å². The van der Waals surface area contributed by atoms with Crippen molar-refractivity contribution < 1.29 is 9.72 Å². The lowest BCUT2D eigenvalue weighted by atomic mass is 10.1. The lowest BCUT2D eigenvalue weighted by Gasteiger charge is -2.13. The largest absolute Gasteiger partial charge is 0.346 e. The quantitative estimate of drug-likeness (QED) is 0.489. The van der Waals surface area contributed by atoms with Gasteiger partial charge in [-0.15, -0.1) is 0 Å². The minimum atomic E-state index is -0.478. The molecule has 0 aliphatic heterocycles. The molecule has 0 unspecified atom stereocenters. The van der Waals surface area contributed by atoms with E-state index in [0.717, 1.165) is 29.9 Å². The van der Waals surface area contributed by atoms with Crippen LogP contribution in [0, 0.1) is 17.0 Å². The Balaban J connectivity index is 1.54. The molecule has 154 valence electrons. The van der Waals surface area contributed by atoms with E-state index >= 15 is 0 Å². The standard InChI is InChI=1S/C22H23N5O3/c1-15-9-10-16(12-20(15)27(29)30)22(28)24-14-17-13-21(19-8-4-5-11-23-19)26(25-17)18-6-2-3-7-18/h4-5,8-13,18H,2-3,6-7,14H2,1H3,(H,24,28). The summed E-state index contributed by atoms with van der Waals surface area (Å²) in [5.41, 5.74) is 3.24. The normalized spacial score (nSPS) is 14.0. The third-order valence-corrected chi connectivity index (χ3v) is 5.48. The molecule has 0 radical (unpaired) electrons. The first-order valence-corrected chi connectivity index (χ1v) is 10.1. The lowest BCUT2D eigenvalue weighted by Crippen LogP contribution is -2.23. The molecule has 1 aliphatic rings. The van der Waals surface area contributed by atoms with Crippen LogP contribution in [0.15, 0.2) is 48.7 Å². The molecule has 1 aromatic carbocycles. The first-order chi connectivity index (χ1) is 14.5. The molecule has 0 saturated heterocycles. The zero-order chi connectivity index (χ0) is 21.1. The number of hydrogen-bond acceptors (Lipinski definition) is 5. The zero-order valence-corrected chi connectivity index (χ0v) is 16.7. The molecule has 1 amide bonds. The maximum Gasteiger partial charge on any atom is 0.273 e. The van der Waals surface area contributed by atoms with Crippen LogP contribution in [0.4, 0.5) is 5.69 Å². The molecular formula is C22H23N5O3. The first-order valence-electron chi connectivity index (χ1n) is 10.1. The second kappa shape index (κ2) is 8.44. The Labute approximate surface area is 174 Å². The minimum Gasteiger partial charge on any atom is -0.346 e. The topological polar surface area (TPSA) is 103 Å². The van der Waals surface area contributed by atoms with Gasteiger partial charge in [0.2, 0.25) is 0 Å². The molecule has 30 heavy (non-hydrogen) atoms. The Hall–Kier alpha value is -3.55. The van der Waals surface area contributed by atoms with Gasteiger partial charge in [0.05, 0.1) is 34.6 Å². The Morgan fingerprint density at radius 2 is 2.03 bits per heavy atom. The molecule has 2 heterocycles. The van der Waals surface area contributed by atoms with Gasteiger partial charge >= 0.3 is 0 Å². The van der Waals surface area contributed by atoms with Gasteiger partial charge in [-0.25, -0.2) is 0 Å². The fraction of sp³-hybridized carbons (Fsp3) is 0.318. The highest BCUT2D eigenvalue weighted by atomic mass is 16.6. The summed E-state index contributed by atoms with van der Waals surface area (Å²) in [5.74, 6) is -0.368. The average Bonchev–Trinajstić information content (AvgIpc) is 3.42. The number of nitrogens with zero attached hydrogens (tertiary/aromatic N) is 4. The van der Waals surface area contributed by atoms with Crippen molar-refractivity contribution in [2.45, 2.75) is 45.2 Å². The summed E-state index contributed by atoms with van der Waals surface area (Å²) in [6.07, 6.45) is 6.29. The molecule has 1 aliphatic carbocycles. The number of amides is 1. The van der Waals surface area contributed by atoms with Crippen LogP contribution in [0.3, 0.4) is 0 Å². The second-order valence-electron chi connectivity index (χ2n) is 7.56. The van der Waals surface area contributed by atoms with E-state index in [4.69, 9.17) is 5.10 Å². The Bertz CT molecular complexity index is 1070. The van der Waals surface area contributed by atoms with Gasteiger partial charge in [0.1, 0.15) is 0 Å². The van der Waals surface area contributed by atoms with Crippen molar-refractivity contribution in [1.29, 1.82) is 0 Å². The molecule has 8 heteroatoms. The number of carbonyl (C=O) groups is 1. The van der Waals surface area contributed by atoms with Crippen LogP contribution in [0.2, 0.25) is 0 Å². The van der Waals surface area contributed by atoms with Crippen molar-refractivity contribution in [2.24, 2.45) is 0 Å². The number of aryl methyl sites for hydroxylation is 1. The number of nitrogens with one attached hydrogen (secondary N) is 1. The average molecular weight is 405 g/mol. The van der Waals surface area contributed by atoms with E-state index in [2.05, 4.69) is 10.3 Å². The van der Waals surface area contributed by atoms with Gasteiger partial charge < -0.3 is 5.32 Å². The molecule has 1 saturated carbocycles. The number of nitro groups is 1. The Morgan fingerprint density at radius 1 is 1.23 bits per heavy atom. The number of pyridine rings is 1. The number of benzene rings is 1. The highest BCUT2D eigenvalue weighted by Crippen LogP contribution is 2.33. The van der Waals surface area contributed by atoms with E-state index in [-0.39, 0.29) is 23.7 Å². The maximum atomic E-state index is 12.5. The van der Waals surface area contributed by atoms with E-state index in [0.29, 0.717) is 11.6 Å². The van der Waals surface area contributed by atoms with Crippen molar-refractivity contribution >= 4 is 11.6 Å². The summed E-state index contributed by atoms with van der Waals surface area (Å²) in [6.45, 7) is 1.88. The van der Waals surface area contributed by atoms with Crippen LogP contribution >= 0.6 is 0 Å². The number of nitro benzene ring substituents is 1. The van der Waals surface area contributed by atoms with E-state index in [1.165, 1.54) is 18.9 Å². The third-order valence-electron chi connectivity index (χ3n) is 5.48. The Kier molecular flexibility index (Phi) is 5.56. The van der Waals surface area contributed by atoms with Crippen molar-refractivity contribution in [1.82, 2.24) is 20.1 Å². The highest BCUT2D eigenvalue weighted by Gasteiger charge is 2.23. The van der Waals surface area contributed by atoms with Crippen LogP contribution in [-0.4, -0.2) is 25.6 Å². The zero-order valence-electron chi connectivity index (χ0n) is 16.7. The molecule has 0 spiro atoms. The molecular weight excluding hydrogens is 382 g/mol. The maximum absolute atomic E-state index is 12.5. The fourth-order valence-corrected chi connectivity index (χ4v) is 3.88. The smallest absolute Gasteiger partial charge is 0.273 e. The van der Waals surface area contributed by atoms with Crippen molar-refractivity contribution in [3.63, 3.8) is 0 Å². The molecule has 0 atom stereocenters. The van der Waals surface area contributed by atoms with E-state index in [9.17, 15) is 14.9 Å². The monoisotopic (exact) mass is 405 g/mol. The predicted octanol–water partition coefficient (Wildman–Crippen LogP) is 4.21. The van der Waals surface area contributed by atoms with Gasteiger partial charge in [-0.2, -0.15) is 5.10 Å². The second-order valence-corrected chi connectivity index (χ2v) is 7.56. The molecule has 1 N–H and O–H groups in total. The highest BCUT2D eigenvalue weighted by molar-refractivity contribution is 5.94. The summed E-state index contributed by atoms with van der Waals surface area (Å²) in [7, 11) is 0. The first kappa shape index (κ1) is 19.8. The number of rotatable bonds is 6. The number of carbonyl (C=O) groups excluding carboxylic acids is 1. The lowest BCUT2D eigenvalue weighted by molar-refractivity contribution is -0.385. The number of aromatic nitrogens is 3. The summed E-state index contributed by atoms with van der Waals surface area (Å²) >= 11 is 0. The molecule has 3 aromatic rings. The molecule has 0 bridgehead atoms.